The van der Waals surface area contributed by atoms with Gasteiger partial charge >= 0.3 is 11.7 Å². The Kier molecular flexibility index (Phi) is 7.05. The van der Waals surface area contributed by atoms with Crippen LogP contribution in [0.2, 0.25) is 0 Å². The number of nitrogens with zero attached hydrogens (tertiary/aromatic N) is 2. The Hall–Kier alpha value is -3.44. The van der Waals surface area contributed by atoms with Crippen LogP contribution in [0.3, 0.4) is 0 Å². The lowest BCUT2D eigenvalue weighted by molar-refractivity contribution is 0.172. The second-order valence-electron chi connectivity index (χ2n) is 9.31. The molecule has 9 nitrogen and oxygen atoms in total. The summed E-state index contributed by atoms with van der Waals surface area (Å²) in [6.07, 6.45) is 0.440. The van der Waals surface area contributed by atoms with E-state index in [4.69, 9.17) is 9.15 Å². The fraction of sp³-hybridized carbons (Fsp3) is 0.360. The number of fused-ring (bicyclic) bond motifs is 1. The highest BCUT2D eigenvalue weighted by Crippen LogP contribution is 2.32. The number of amides is 1. The number of ether oxygens (including phenoxy) is 1. The van der Waals surface area contributed by atoms with Crippen LogP contribution >= 0.6 is 0 Å². The van der Waals surface area contributed by atoms with E-state index < -0.39 is 32.8 Å². The van der Waals surface area contributed by atoms with Crippen molar-refractivity contribution in [2.24, 2.45) is 0 Å². The highest BCUT2D eigenvalue weighted by molar-refractivity contribution is 7.93. The first-order chi connectivity index (χ1) is 17.0. The van der Waals surface area contributed by atoms with Gasteiger partial charge in [-0.2, -0.15) is 0 Å². The van der Waals surface area contributed by atoms with Crippen LogP contribution in [0, 0.1) is 5.82 Å². The number of halogens is 1. The van der Waals surface area contributed by atoms with Gasteiger partial charge in [-0.15, -0.1) is 0 Å². The summed E-state index contributed by atoms with van der Waals surface area (Å²) in [4.78, 5) is 28.1. The molecule has 1 N–H and O–H groups in total. The van der Waals surface area contributed by atoms with Gasteiger partial charge in [0.1, 0.15) is 11.3 Å². The molecule has 0 bridgehead atoms. The van der Waals surface area contributed by atoms with Gasteiger partial charge in [0.05, 0.1) is 10.9 Å². The lowest BCUT2D eigenvalue weighted by Gasteiger charge is -2.17. The first-order valence-electron chi connectivity index (χ1n) is 11.4. The smallest absolute Gasteiger partial charge is 0.414 e. The maximum atomic E-state index is 15.3. The van der Waals surface area contributed by atoms with E-state index in [1.165, 1.54) is 23.1 Å². The molecule has 1 aliphatic rings. The monoisotopic (exact) mass is 517 g/mol. The van der Waals surface area contributed by atoms with Gasteiger partial charge in [-0.25, -0.2) is 22.4 Å². The van der Waals surface area contributed by atoms with Crippen molar-refractivity contribution < 1.29 is 26.8 Å². The normalized spacial score (nSPS) is 13.7. The third-order valence-corrected chi connectivity index (χ3v) is 7.65. The lowest BCUT2D eigenvalue weighted by atomic mass is 9.97. The minimum Gasteiger partial charge on any atom is -0.422 e. The second kappa shape index (κ2) is 9.90. The number of anilines is 1. The van der Waals surface area contributed by atoms with Crippen LogP contribution in [0.5, 0.6) is 5.75 Å². The molecule has 4 rings (SSSR count). The molecule has 1 aliphatic carbocycles. The Morgan fingerprint density at radius 3 is 2.50 bits per heavy atom. The predicted molar refractivity (Wildman–Crippen MR) is 134 cm³/mol. The molecule has 0 saturated heterocycles. The summed E-state index contributed by atoms with van der Waals surface area (Å²) in [5.41, 5.74) is 0.491. The van der Waals surface area contributed by atoms with E-state index in [2.05, 4.69) is 4.72 Å². The van der Waals surface area contributed by atoms with Crippen molar-refractivity contribution in [1.29, 1.82) is 0 Å². The number of hydrogen-bond donors (Lipinski definition) is 1. The zero-order valence-electron chi connectivity index (χ0n) is 20.5. The van der Waals surface area contributed by atoms with Crippen molar-refractivity contribution in [2.45, 2.75) is 31.1 Å². The molecule has 192 valence electrons. The Balaban J connectivity index is 1.74. The number of carbonyl (C=O) groups excluding carboxylic acids is 1. The summed E-state index contributed by atoms with van der Waals surface area (Å²) >= 11 is 0. The number of nitrogens with one attached hydrogen (secondary N) is 1. The molecule has 2 aromatic carbocycles. The van der Waals surface area contributed by atoms with Gasteiger partial charge in [-0.05, 0) is 56.3 Å². The van der Waals surface area contributed by atoms with Crippen LogP contribution in [0.15, 0.2) is 45.6 Å². The van der Waals surface area contributed by atoms with Crippen molar-refractivity contribution in [2.75, 3.05) is 32.9 Å². The molecule has 36 heavy (non-hydrogen) atoms. The van der Waals surface area contributed by atoms with E-state index in [-0.39, 0.29) is 34.6 Å². The minimum atomic E-state index is -3.65. The molecular formula is C25H28FN3O6S. The highest BCUT2D eigenvalue weighted by Gasteiger charge is 2.36. The maximum absolute atomic E-state index is 15.3. The predicted octanol–water partition coefficient (Wildman–Crippen LogP) is 3.55. The van der Waals surface area contributed by atoms with Crippen molar-refractivity contribution in [3.05, 3.63) is 69.3 Å². The van der Waals surface area contributed by atoms with E-state index in [1.807, 2.05) is 19.0 Å². The lowest BCUT2D eigenvalue weighted by Crippen LogP contribution is -2.25. The molecule has 0 spiro atoms. The topological polar surface area (TPSA) is 109 Å². The summed E-state index contributed by atoms with van der Waals surface area (Å²) < 4.78 is 53.1. The van der Waals surface area contributed by atoms with Crippen LogP contribution in [-0.4, -0.2) is 57.8 Å². The number of sulfonamides is 1. The zero-order valence-corrected chi connectivity index (χ0v) is 21.3. The number of rotatable bonds is 8. The molecule has 11 heteroatoms. The van der Waals surface area contributed by atoms with Gasteiger partial charge in [0.15, 0.2) is 5.82 Å². The molecule has 1 aromatic heterocycles. The molecule has 0 atom stereocenters. The average molecular weight is 518 g/mol. The van der Waals surface area contributed by atoms with E-state index >= 15 is 4.39 Å². The maximum Gasteiger partial charge on any atom is 0.414 e. The summed E-state index contributed by atoms with van der Waals surface area (Å²) in [6.45, 7) is 0.365. The molecule has 0 unspecified atom stereocenters. The van der Waals surface area contributed by atoms with Gasteiger partial charge in [0, 0.05) is 44.1 Å². The Morgan fingerprint density at radius 2 is 1.86 bits per heavy atom. The average Bonchev–Trinajstić information content (AvgIpc) is 3.64. The highest BCUT2D eigenvalue weighted by atomic mass is 32.2. The van der Waals surface area contributed by atoms with Crippen molar-refractivity contribution in [1.82, 2.24) is 9.80 Å². The largest absolute Gasteiger partial charge is 0.422 e. The summed E-state index contributed by atoms with van der Waals surface area (Å²) in [6, 6.07) is 9.17. The van der Waals surface area contributed by atoms with E-state index in [0.717, 1.165) is 0 Å². The first kappa shape index (κ1) is 25.6. The zero-order chi connectivity index (χ0) is 26.2. The Bertz CT molecular complexity index is 1480. The van der Waals surface area contributed by atoms with Crippen molar-refractivity contribution >= 4 is 32.8 Å². The first-order valence-corrected chi connectivity index (χ1v) is 12.9. The van der Waals surface area contributed by atoms with Gasteiger partial charge in [-0.3, -0.25) is 4.72 Å². The second-order valence-corrected chi connectivity index (χ2v) is 11.3. The van der Waals surface area contributed by atoms with Crippen LogP contribution < -0.4 is 15.1 Å². The SMILES string of the molecule is CN(C)Cc1c(Cc2cccc(NS(=O)(=O)C3CC3)c2F)c(=O)oc2cc(OC(=O)N(C)C)ccc12. The number of hydrogen-bond acceptors (Lipinski definition) is 7. The quantitative estimate of drug-likeness (QED) is 0.455. The summed E-state index contributed by atoms with van der Waals surface area (Å²) in [5.74, 6) is -0.516. The molecular weight excluding hydrogens is 489 g/mol. The fourth-order valence-electron chi connectivity index (χ4n) is 3.82. The minimum absolute atomic E-state index is 0.0936. The molecule has 1 amide bonds. The van der Waals surface area contributed by atoms with E-state index in [1.54, 1.807) is 32.3 Å². The standard InChI is InChI=1S/C25H28FN3O6S/c1-28(2)14-20-18-11-8-16(34-25(31)29(3)4)13-22(18)35-24(30)19(20)12-15-6-5-7-21(23(15)26)27-36(32,33)17-9-10-17/h5-8,11,13,17,27H,9-10,12,14H2,1-4H3. The molecule has 0 aliphatic heterocycles. The van der Waals surface area contributed by atoms with Crippen LogP contribution in [0.25, 0.3) is 11.0 Å². The van der Waals surface area contributed by atoms with Gasteiger partial charge in [-0.1, -0.05) is 12.1 Å². The van der Waals surface area contributed by atoms with Gasteiger partial charge in [0.2, 0.25) is 10.0 Å². The van der Waals surface area contributed by atoms with Gasteiger partial charge < -0.3 is 19.0 Å². The third kappa shape index (κ3) is 5.52. The van der Waals surface area contributed by atoms with Crippen LogP contribution in [0.1, 0.15) is 29.5 Å². The summed E-state index contributed by atoms with van der Waals surface area (Å²) in [7, 11) is 3.13. The third-order valence-electron chi connectivity index (χ3n) is 5.80. The summed E-state index contributed by atoms with van der Waals surface area (Å²) in [5, 5.41) is 0.121. The molecule has 3 aromatic rings. The fourth-order valence-corrected chi connectivity index (χ4v) is 5.20. The van der Waals surface area contributed by atoms with Crippen LogP contribution in [0.4, 0.5) is 14.9 Å². The molecule has 1 heterocycles. The molecule has 1 fully saturated rings. The van der Waals surface area contributed by atoms with Crippen molar-refractivity contribution in [3.8, 4) is 5.75 Å². The van der Waals surface area contributed by atoms with Gasteiger partial charge in [0.25, 0.3) is 0 Å². The van der Waals surface area contributed by atoms with E-state index in [0.29, 0.717) is 30.3 Å². The van der Waals surface area contributed by atoms with Crippen LogP contribution in [-0.2, 0) is 23.0 Å². The molecule has 1 saturated carbocycles. The van der Waals surface area contributed by atoms with E-state index in [9.17, 15) is 18.0 Å². The number of benzene rings is 2. The van der Waals surface area contributed by atoms with Crippen molar-refractivity contribution in [3.63, 3.8) is 0 Å². The Labute approximate surface area is 208 Å². The number of carbonyl (C=O) groups is 1. The molecule has 0 radical (unpaired) electrons. The Morgan fingerprint density at radius 1 is 1.14 bits per heavy atom.